The zero-order valence-corrected chi connectivity index (χ0v) is 15.2. The molecule has 134 valence electrons. The second kappa shape index (κ2) is 10.6. The third-order valence-electron chi connectivity index (χ3n) is 3.57. The molecule has 0 aliphatic carbocycles. The maximum absolute atomic E-state index is 11.7. The minimum atomic E-state index is -0.252. The number of benzene rings is 1. The highest BCUT2D eigenvalue weighted by Gasteiger charge is 2.07. The smallest absolute Gasteiger partial charge is 0.286 e. The average molecular weight is 360 g/mol. The Hall–Kier alpha value is -2.21. The highest BCUT2D eigenvalue weighted by Crippen LogP contribution is 2.12. The zero-order valence-electron chi connectivity index (χ0n) is 14.4. The standard InChI is InChI=1S/C19H24N2O3S/c1-15-6-8-16(9-7-15)14-25-13-11-20-18(22)5-2-10-21-19(23)17-4-3-12-24-17/h3-4,6-9,12H,2,5,10-11,13-14H2,1H3,(H,20,22)(H,21,23). The predicted octanol–water partition coefficient (Wildman–Crippen LogP) is 3.15. The van der Waals surface area contributed by atoms with E-state index >= 15 is 0 Å². The molecule has 0 unspecified atom stereocenters. The second-order valence-corrected chi connectivity index (χ2v) is 6.83. The van der Waals surface area contributed by atoms with Crippen LogP contribution in [0.25, 0.3) is 0 Å². The summed E-state index contributed by atoms with van der Waals surface area (Å²) >= 11 is 1.80. The van der Waals surface area contributed by atoms with Crippen molar-refractivity contribution in [3.63, 3.8) is 0 Å². The summed E-state index contributed by atoms with van der Waals surface area (Å²) in [7, 11) is 0. The number of furan rings is 1. The van der Waals surface area contributed by atoms with E-state index in [0.29, 0.717) is 25.9 Å². The van der Waals surface area contributed by atoms with Crippen LogP contribution in [0.3, 0.4) is 0 Å². The van der Waals surface area contributed by atoms with Gasteiger partial charge in [0.2, 0.25) is 5.91 Å². The summed E-state index contributed by atoms with van der Waals surface area (Å²) in [5.74, 6) is 1.89. The Bertz CT molecular complexity index is 654. The van der Waals surface area contributed by atoms with Crippen molar-refractivity contribution >= 4 is 23.6 Å². The van der Waals surface area contributed by atoms with Gasteiger partial charge in [0.1, 0.15) is 0 Å². The first-order valence-electron chi connectivity index (χ1n) is 8.37. The lowest BCUT2D eigenvalue weighted by Crippen LogP contribution is -2.28. The molecule has 6 heteroatoms. The van der Waals surface area contributed by atoms with E-state index in [4.69, 9.17) is 4.42 Å². The Kier molecular flexibility index (Phi) is 8.12. The molecule has 1 aromatic heterocycles. The van der Waals surface area contributed by atoms with E-state index in [-0.39, 0.29) is 17.6 Å². The summed E-state index contributed by atoms with van der Waals surface area (Å²) in [5.41, 5.74) is 2.57. The molecule has 0 spiro atoms. The number of rotatable bonds is 10. The van der Waals surface area contributed by atoms with E-state index in [1.54, 1.807) is 23.9 Å². The van der Waals surface area contributed by atoms with Gasteiger partial charge in [-0.05, 0) is 31.0 Å². The molecule has 0 atom stereocenters. The lowest BCUT2D eigenvalue weighted by atomic mass is 10.2. The summed E-state index contributed by atoms with van der Waals surface area (Å²) in [4.78, 5) is 23.4. The van der Waals surface area contributed by atoms with Gasteiger partial charge in [0, 0.05) is 31.0 Å². The van der Waals surface area contributed by atoms with Crippen LogP contribution in [0.5, 0.6) is 0 Å². The van der Waals surface area contributed by atoms with E-state index in [1.807, 2.05) is 0 Å². The Labute approximate surface area is 152 Å². The van der Waals surface area contributed by atoms with Crippen molar-refractivity contribution in [1.82, 2.24) is 10.6 Å². The third-order valence-corrected chi connectivity index (χ3v) is 4.60. The Balaban J connectivity index is 1.47. The van der Waals surface area contributed by atoms with Gasteiger partial charge in [-0.2, -0.15) is 11.8 Å². The van der Waals surface area contributed by atoms with E-state index in [2.05, 4.69) is 41.8 Å². The highest BCUT2D eigenvalue weighted by molar-refractivity contribution is 7.98. The molecule has 2 amide bonds. The van der Waals surface area contributed by atoms with Crippen molar-refractivity contribution in [2.75, 3.05) is 18.8 Å². The Morgan fingerprint density at radius 1 is 1.08 bits per heavy atom. The van der Waals surface area contributed by atoms with Crippen molar-refractivity contribution in [3.05, 3.63) is 59.5 Å². The Morgan fingerprint density at radius 3 is 2.60 bits per heavy atom. The van der Waals surface area contributed by atoms with Crippen LogP contribution in [0, 0.1) is 6.92 Å². The van der Waals surface area contributed by atoms with Crippen LogP contribution >= 0.6 is 11.8 Å². The van der Waals surface area contributed by atoms with Crippen LogP contribution in [-0.2, 0) is 10.5 Å². The van der Waals surface area contributed by atoms with Gasteiger partial charge in [0.15, 0.2) is 5.76 Å². The van der Waals surface area contributed by atoms with Gasteiger partial charge in [0.25, 0.3) is 5.91 Å². The molecule has 2 aromatic rings. The number of thioether (sulfide) groups is 1. The van der Waals surface area contributed by atoms with Crippen molar-refractivity contribution < 1.29 is 14.0 Å². The summed E-state index contributed by atoms with van der Waals surface area (Å²) in [6.07, 6.45) is 2.47. The van der Waals surface area contributed by atoms with Crippen molar-refractivity contribution in [1.29, 1.82) is 0 Å². The van der Waals surface area contributed by atoms with Gasteiger partial charge < -0.3 is 15.1 Å². The molecule has 25 heavy (non-hydrogen) atoms. The summed E-state index contributed by atoms with van der Waals surface area (Å²) < 4.78 is 4.99. The first-order valence-corrected chi connectivity index (χ1v) is 9.52. The first-order chi connectivity index (χ1) is 12.1. The third kappa shape index (κ3) is 7.47. The van der Waals surface area contributed by atoms with Crippen LogP contribution in [0.2, 0.25) is 0 Å². The number of carbonyl (C=O) groups excluding carboxylic acids is 2. The normalized spacial score (nSPS) is 10.4. The van der Waals surface area contributed by atoms with Crippen LogP contribution in [0.1, 0.15) is 34.5 Å². The fourth-order valence-electron chi connectivity index (χ4n) is 2.17. The van der Waals surface area contributed by atoms with Gasteiger partial charge in [0.05, 0.1) is 6.26 Å². The van der Waals surface area contributed by atoms with Gasteiger partial charge in [-0.3, -0.25) is 9.59 Å². The molecule has 0 radical (unpaired) electrons. The highest BCUT2D eigenvalue weighted by atomic mass is 32.2. The largest absolute Gasteiger partial charge is 0.459 e. The molecular weight excluding hydrogens is 336 g/mol. The molecule has 2 N–H and O–H groups in total. The molecule has 1 aromatic carbocycles. The number of hydrogen-bond acceptors (Lipinski definition) is 4. The minimum Gasteiger partial charge on any atom is -0.459 e. The summed E-state index contributed by atoms with van der Waals surface area (Å²) in [6, 6.07) is 11.8. The van der Waals surface area contributed by atoms with Crippen LogP contribution in [-0.4, -0.2) is 30.7 Å². The molecule has 0 bridgehead atoms. The van der Waals surface area contributed by atoms with E-state index in [0.717, 1.165) is 11.5 Å². The molecular formula is C19H24N2O3S. The maximum Gasteiger partial charge on any atom is 0.286 e. The summed E-state index contributed by atoms with van der Waals surface area (Å²) in [6.45, 7) is 3.19. The molecule has 0 saturated heterocycles. The fourth-order valence-corrected chi connectivity index (χ4v) is 2.99. The lowest BCUT2D eigenvalue weighted by molar-refractivity contribution is -0.121. The van der Waals surface area contributed by atoms with Crippen LogP contribution in [0.15, 0.2) is 47.1 Å². The molecule has 0 fully saturated rings. The lowest BCUT2D eigenvalue weighted by Gasteiger charge is -2.06. The first kappa shape index (κ1) is 19.1. The quantitative estimate of drug-likeness (QED) is 0.639. The minimum absolute atomic E-state index is 0.0168. The Morgan fingerprint density at radius 2 is 1.88 bits per heavy atom. The van der Waals surface area contributed by atoms with E-state index in [9.17, 15) is 9.59 Å². The molecule has 5 nitrogen and oxygen atoms in total. The van der Waals surface area contributed by atoms with Gasteiger partial charge in [-0.25, -0.2) is 0 Å². The molecule has 0 aliphatic rings. The zero-order chi connectivity index (χ0) is 17.9. The van der Waals surface area contributed by atoms with Crippen LogP contribution < -0.4 is 10.6 Å². The maximum atomic E-state index is 11.7. The van der Waals surface area contributed by atoms with Crippen molar-refractivity contribution in [3.8, 4) is 0 Å². The van der Waals surface area contributed by atoms with Gasteiger partial charge in [-0.1, -0.05) is 29.8 Å². The predicted molar refractivity (Wildman–Crippen MR) is 101 cm³/mol. The fraction of sp³-hybridized carbons (Fsp3) is 0.368. The SMILES string of the molecule is Cc1ccc(CSCCNC(=O)CCCNC(=O)c2ccco2)cc1. The van der Waals surface area contributed by atoms with Crippen LogP contribution in [0.4, 0.5) is 0 Å². The number of nitrogens with one attached hydrogen (secondary N) is 2. The van der Waals surface area contributed by atoms with E-state index in [1.165, 1.54) is 17.4 Å². The molecule has 1 heterocycles. The molecule has 2 rings (SSSR count). The van der Waals surface area contributed by atoms with Gasteiger partial charge in [-0.15, -0.1) is 0 Å². The van der Waals surface area contributed by atoms with Gasteiger partial charge >= 0.3 is 0 Å². The molecule has 0 aliphatic heterocycles. The number of amides is 2. The number of carbonyl (C=O) groups is 2. The summed E-state index contributed by atoms with van der Waals surface area (Å²) in [5, 5.41) is 5.62. The average Bonchev–Trinajstić information content (AvgIpc) is 3.14. The number of hydrogen-bond donors (Lipinski definition) is 2. The monoisotopic (exact) mass is 360 g/mol. The topological polar surface area (TPSA) is 71.3 Å². The van der Waals surface area contributed by atoms with Crippen molar-refractivity contribution in [2.45, 2.75) is 25.5 Å². The number of aryl methyl sites for hydroxylation is 1. The van der Waals surface area contributed by atoms with Crippen molar-refractivity contribution in [2.24, 2.45) is 0 Å². The molecule has 0 saturated carbocycles. The second-order valence-electron chi connectivity index (χ2n) is 5.72. The van der Waals surface area contributed by atoms with E-state index < -0.39 is 0 Å².